The molecule has 6 rings (SSSR count). The summed E-state index contributed by atoms with van der Waals surface area (Å²) in [6.07, 6.45) is 4.40. The van der Waals surface area contributed by atoms with Gasteiger partial charge in [-0.15, -0.1) is 0 Å². The van der Waals surface area contributed by atoms with Crippen LogP contribution in [0.25, 0.3) is 11.0 Å². The fourth-order valence-electron chi connectivity index (χ4n) is 5.32. The van der Waals surface area contributed by atoms with Crippen molar-refractivity contribution in [1.82, 2.24) is 18.8 Å². The Labute approximate surface area is 210 Å². The first-order valence-electron chi connectivity index (χ1n) is 12.6. The van der Waals surface area contributed by atoms with Crippen molar-refractivity contribution >= 4 is 28.9 Å². The van der Waals surface area contributed by atoms with Gasteiger partial charge in [-0.2, -0.15) is 0 Å². The summed E-state index contributed by atoms with van der Waals surface area (Å²) in [6.45, 7) is 4.10. The maximum atomic E-state index is 13.1. The average molecular weight is 483 g/mol. The van der Waals surface area contributed by atoms with Crippen molar-refractivity contribution in [3.05, 3.63) is 95.8 Å². The molecule has 3 heterocycles. The van der Waals surface area contributed by atoms with Crippen LogP contribution < -0.4 is 0 Å². The highest BCUT2D eigenvalue weighted by molar-refractivity contribution is 7.98. The maximum absolute atomic E-state index is 13.1. The summed E-state index contributed by atoms with van der Waals surface area (Å²) in [5.41, 5.74) is 4.05. The number of carbonyl (C=O) groups excluding carboxylic acids is 1. The lowest BCUT2D eigenvalue weighted by Gasteiger charge is -2.23. The fraction of sp³-hybridized carbons (Fsp3) is 0.310. The molecule has 0 bridgehead atoms. The van der Waals surface area contributed by atoms with E-state index >= 15 is 0 Å². The predicted octanol–water partition coefficient (Wildman–Crippen LogP) is 5.49. The largest absolute Gasteiger partial charge is 0.337 e. The molecule has 0 spiro atoms. The van der Waals surface area contributed by atoms with E-state index in [0.29, 0.717) is 12.5 Å². The highest BCUT2D eigenvalue weighted by atomic mass is 32.2. The second-order valence-electron chi connectivity index (χ2n) is 9.53. The summed E-state index contributed by atoms with van der Waals surface area (Å²) < 4.78 is 2.23. The monoisotopic (exact) mass is 482 g/mol. The normalized spacial score (nSPS) is 18.5. The van der Waals surface area contributed by atoms with Crippen molar-refractivity contribution in [3.8, 4) is 0 Å². The molecule has 2 saturated heterocycles. The Bertz CT molecular complexity index is 1310. The van der Waals surface area contributed by atoms with Gasteiger partial charge in [0.05, 0.1) is 11.0 Å². The van der Waals surface area contributed by atoms with E-state index in [4.69, 9.17) is 4.98 Å². The third-order valence-corrected chi connectivity index (χ3v) is 8.27. The Hall–Kier alpha value is -3.09. The fourth-order valence-corrected chi connectivity index (χ4v) is 6.27. The molecule has 3 aromatic carbocycles. The highest BCUT2D eigenvalue weighted by Crippen LogP contribution is 2.29. The third-order valence-electron chi connectivity index (χ3n) is 7.20. The van der Waals surface area contributed by atoms with Crippen LogP contribution in [0.5, 0.6) is 0 Å². The number of para-hydroxylation sites is 2. The molecule has 0 N–H and O–H groups in total. The van der Waals surface area contributed by atoms with E-state index in [0.717, 1.165) is 47.5 Å². The van der Waals surface area contributed by atoms with E-state index in [1.807, 2.05) is 29.2 Å². The van der Waals surface area contributed by atoms with Crippen LogP contribution in [0.1, 0.15) is 41.0 Å². The van der Waals surface area contributed by atoms with Gasteiger partial charge in [-0.3, -0.25) is 13.7 Å². The van der Waals surface area contributed by atoms with Crippen molar-refractivity contribution in [2.24, 2.45) is 0 Å². The number of fused-ring (bicyclic) bond motifs is 1. The number of hydrogen-bond acceptors (Lipinski definition) is 4. The van der Waals surface area contributed by atoms with E-state index < -0.39 is 0 Å². The van der Waals surface area contributed by atoms with Crippen LogP contribution in [0.4, 0.5) is 0 Å². The van der Waals surface area contributed by atoms with Crippen LogP contribution in [0.15, 0.2) is 83.8 Å². The van der Waals surface area contributed by atoms with Crippen LogP contribution in [0, 0.1) is 0 Å². The van der Waals surface area contributed by atoms with E-state index in [-0.39, 0.29) is 5.91 Å². The molecule has 4 aromatic rings. The minimum atomic E-state index is 0.158. The number of hydrogen-bond donors (Lipinski definition) is 0. The third kappa shape index (κ3) is 4.73. The van der Waals surface area contributed by atoms with Gasteiger partial charge in [0.2, 0.25) is 0 Å². The molecular weight excluding hydrogens is 452 g/mol. The quantitative estimate of drug-likeness (QED) is 0.364. The lowest BCUT2D eigenvalue weighted by molar-refractivity contribution is 0.0780. The molecule has 0 saturated carbocycles. The number of likely N-dealkylation sites (tertiary alicyclic amines) is 2. The zero-order valence-electron chi connectivity index (χ0n) is 19.8. The van der Waals surface area contributed by atoms with Crippen molar-refractivity contribution in [1.29, 1.82) is 0 Å². The summed E-state index contributed by atoms with van der Waals surface area (Å²) in [5, 5.41) is 0. The maximum Gasteiger partial charge on any atom is 0.253 e. The molecule has 1 atom stereocenters. The number of nitrogens with zero attached hydrogens (tertiary/aromatic N) is 4. The molecule has 6 heteroatoms. The summed E-state index contributed by atoms with van der Waals surface area (Å²) in [6, 6.07) is 27.3. The van der Waals surface area contributed by atoms with Crippen LogP contribution in [-0.2, 0) is 6.42 Å². The van der Waals surface area contributed by atoms with Gasteiger partial charge < -0.3 is 4.90 Å². The van der Waals surface area contributed by atoms with Crippen molar-refractivity contribution in [2.75, 3.05) is 26.2 Å². The Kier molecular flexibility index (Phi) is 6.32. The number of imidazole rings is 1. The van der Waals surface area contributed by atoms with E-state index in [9.17, 15) is 4.79 Å². The number of benzene rings is 3. The van der Waals surface area contributed by atoms with E-state index in [1.165, 1.54) is 30.8 Å². The standard InChI is InChI=1S/C29H30N4OS/c34-29(32-19-16-24(21-32)31-17-6-7-18-31)23-14-12-22(13-15-23)20-28-30-26-10-4-5-11-27(26)33(28)35-25-8-2-1-3-9-25/h1-5,8-15,24H,6-7,16-21H2. The van der Waals surface area contributed by atoms with Gasteiger partial charge in [0.25, 0.3) is 5.91 Å². The zero-order valence-corrected chi connectivity index (χ0v) is 20.7. The first-order valence-corrected chi connectivity index (χ1v) is 13.3. The van der Waals surface area contributed by atoms with E-state index in [2.05, 4.69) is 63.5 Å². The van der Waals surface area contributed by atoms with Crippen LogP contribution in [-0.4, -0.2) is 56.9 Å². The molecule has 0 radical (unpaired) electrons. The molecule has 35 heavy (non-hydrogen) atoms. The van der Waals surface area contributed by atoms with Crippen molar-refractivity contribution < 1.29 is 4.79 Å². The molecule has 1 unspecified atom stereocenters. The number of amides is 1. The highest BCUT2D eigenvalue weighted by Gasteiger charge is 2.31. The van der Waals surface area contributed by atoms with Crippen molar-refractivity contribution in [2.45, 2.75) is 36.6 Å². The van der Waals surface area contributed by atoms with Crippen LogP contribution in [0.3, 0.4) is 0 Å². The van der Waals surface area contributed by atoms with Gasteiger partial charge in [0.1, 0.15) is 5.82 Å². The molecule has 1 amide bonds. The Morgan fingerprint density at radius 1 is 0.886 bits per heavy atom. The summed E-state index contributed by atoms with van der Waals surface area (Å²) >= 11 is 1.69. The minimum Gasteiger partial charge on any atom is -0.337 e. The summed E-state index contributed by atoms with van der Waals surface area (Å²) in [7, 11) is 0. The SMILES string of the molecule is O=C(c1ccc(Cc2nc3ccccc3n2Sc2ccccc2)cc1)N1CCC(N2CCCC2)C1. The molecule has 1 aromatic heterocycles. The predicted molar refractivity (Wildman–Crippen MR) is 142 cm³/mol. The number of carbonyl (C=O) groups is 1. The van der Waals surface area contributed by atoms with Gasteiger partial charge in [0, 0.05) is 36.0 Å². The Balaban J connectivity index is 1.18. The lowest BCUT2D eigenvalue weighted by atomic mass is 10.1. The molecule has 2 aliphatic rings. The molecule has 5 nitrogen and oxygen atoms in total. The van der Waals surface area contributed by atoms with Gasteiger partial charge in [-0.05, 0) is 86.3 Å². The Morgan fingerprint density at radius 3 is 2.43 bits per heavy atom. The first-order chi connectivity index (χ1) is 17.2. The number of aromatic nitrogens is 2. The lowest BCUT2D eigenvalue weighted by Crippen LogP contribution is -2.37. The minimum absolute atomic E-state index is 0.158. The topological polar surface area (TPSA) is 41.4 Å². The van der Waals surface area contributed by atoms with Gasteiger partial charge in [-0.25, -0.2) is 4.98 Å². The molecule has 0 aliphatic carbocycles. The van der Waals surface area contributed by atoms with Crippen LogP contribution in [0.2, 0.25) is 0 Å². The zero-order chi connectivity index (χ0) is 23.6. The van der Waals surface area contributed by atoms with Crippen LogP contribution >= 0.6 is 11.9 Å². The smallest absolute Gasteiger partial charge is 0.253 e. The molecule has 2 aliphatic heterocycles. The number of rotatable bonds is 6. The molecule has 178 valence electrons. The van der Waals surface area contributed by atoms with Gasteiger partial charge in [0.15, 0.2) is 0 Å². The van der Waals surface area contributed by atoms with Crippen molar-refractivity contribution in [3.63, 3.8) is 0 Å². The second kappa shape index (κ2) is 9.88. The molecular formula is C29H30N4OS. The summed E-state index contributed by atoms with van der Waals surface area (Å²) in [4.78, 5) is 23.8. The second-order valence-corrected chi connectivity index (χ2v) is 10.5. The van der Waals surface area contributed by atoms with E-state index in [1.54, 1.807) is 11.9 Å². The first kappa shape index (κ1) is 22.4. The van der Waals surface area contributed by atoms with Gasteiger partial charge in [-0.1, -0.05) is 42.5 Å². The van der Waals surface area contributed by atoms with Gasteiger partial charge >= 0.3 is 0 Å². The molecule has 2 fully saturated rings. The average Bonchev–Trinajstić information content (AvgIpc) is 3.66. The Morgan fingerprint density at radius 2 is 1.63 bits per heavy atom. The summed E-state index contributed by atoms with van der Waals surface area (Å²) in [5.74, 6) is 1.16.